The van der Waals surface area contributed by atoms with E-state index in [-0.39, 0.29) is 23.1 Å². The van der Waals surface area contributed by atoms with Crippen molar-refractivity contribution >= 4 is 34.9 Å². The van der Waals surface area contributed by atoms with Gasteiger partial charge in [-0.15, -0.1) is 11.8 Å². The summed E-state index contributed by atoms with van der Waals surface area (Å²) in [6, 6.07) is 10.5. The van der Waals surface area contributed by atoms with Gasteiger partial charge in [0.25, 0.3) is 0 Å². The molecule has 0 amide bonds. The van der Waals surface area contributed by atoms with Crippen LogP contribution in [0.5, 0.6) is 0 Å². The van der Waals surface area contributed by atoms with Gasteiger partial charge >= 0.3 is 5.97 Å². The lowest BCUT2D eigenvalue weighted by molar-refractivity contribution is -0.140. The zero-order valence-corrected chi connectivity index (χ0v) is 29.5. The first-order chi connectivity index (χ1) is 23.1. The van der Waals surface area contributed by atoms with E-state index in [0.29, 0.717) is 25.0 Å². The Labute approximate surface area is 287 Å². The summed E-state index contributed by atoms with van der Waals surface area (Å²) < 4.78 is 5.03. The van der Waals surface area contributed by atoms with Crippen molar-refractivity contribution in [1.29, 1.82) is 0 Å². The van der Waals surface area contributed by atoms with Crippen molar-refractivity contribution in [2.24, 2.45) is 26.8 Å². The number of hydrogen-bond acceptors (Lipinski definition) is 8. The molecule has 6 aliphatic rings. The number of hydrogen-bond donors (Lipinski definition) is 2. The fourth-order valence-electron chi connectivity index (χ4n) is 7.78. The Morgan fingerprint density at radius 3 is 2.48 bits per heavy atom. The second-order valence-corrected chi connectivity index (χ2v) is 14.6. The average molecular weight is 659 g/mol. The molecular formula is C40H42N4O3S. The SMILES string of the molecule is CCC1=C(C)C2=NC1=CC1=C(C)C3=C(O)CC(=C4NC(=CC5=NC(=C2)C(C(C)Sc2ccccc2)=C5C)[C@@H](C)[C@@H]4CCC(=O)OC)C3=N1. The van der Waals surface area contributed by atoms with Crippen molar-refractivity contribution in [2.75, 3.05) is 7.11 Å². The van der Waals surface area contributed by atoms with Crippen molar-refractivity contribution in [3.8, 4) is 0 Å². The van der Waals surface area contributed by atoms with Crippen LogP contribution in [0.25, 0.3) is 0 Å². The highest BCUT2D eigenvalue weighted by atomic mass is 32.2. The fraction of sp³-hybridized carbons (Fsp3) is 0.350. The number of rotatable bonds is 7. The fourth-order valence-corrected chi connectivity index (χ4v) is 8.91. The van der Waals surface area contributed by atoms with Crippen LogP contribution in [0, 0.1) is 11.8 Å². The second kappa shape index (κ2) is 12.5. The van der Waals surface area contributed by atoms with Crippen LogP contribution in [0.3, 0.4) is 0 Å². The normalized spacial score (nSPS) is 23.7. The first-order valence-corrected chi connectivity index (χ1v) is 17.7. The summed E-state index contributed by atoms with van der Waals surface area (Å²) in [4.78, 5) is 29.2. The molecule has 1 fully saturated rings. The van der Waals surface area contributed by atoms with Crippen LogP contribution in [-0.2, 0) is 9.53 Å². The number of thioether (sulfide) groups is 1. The number of carbonyl (C=O) groups excluding carboxylic acids is 1. The molecule has 48 heavy (non-hydrogen) atoms. The molecule has 0 saturated carbocycles. The van der Waals surface area contributed by atoms with Crippen molar-refractivity contribution in [1.82, 2.24) is 5.32 Å². The van der Waals surface area contributed by atoms with Gasteiger partial charge in [0, 0.05) is 57.4 Å². The third-order valence-electron chi connectivity index (χ3n) is 10.5. The number of nitrogens with zero attached hydrogens (tertiary/aromatic N) is 3. The van der Waals surface area contributed by atoms with Gasteiger partial charge < -0.3 is 15.2 Å². The highest BCUT2D eigenvalue weighted by molar-refractivity contribution is 8.00. The average Bonchev–Trinajstić information content (AvgIpc) is 3.82. The van der Waals surface area contributed by atoms with Gasteiger partial charge in [-0.3, -0.25) is 4.79 Å². The minimum Gasteiger partial charge on any atom is -0.511 e. The van der Waals surface area contributed by atoms with Gasteiger partial charge in [0.2, 0.25) is 0 Å². The molecule has 1 saturated heterocycles. The van der Waals surface area contributed by atoms with Crippen LogP contribution in [0.4, 0.5) is 0 Å². The molecule has 1 unspecified atom stereocenters. The highest BCUT2D eigenvalue weighted by Crippen LogP contribution is 2.47. The van der Waals surface area contributed by atoms with E-state index in [9.17, 15) is 9.90 Å². The number of esters is 1. The molecule has 8 heteroatoms. The topological polar surface area (TPSA) is 95.6 Å². The summed E-state index contributed by atoms with van der Waals surface area (Å²) in [5.74, 6) is 0.207. The molecular weight excluding hydrogens is 617 g/mol. The van der Waals surface area contributed by atoms with E-state index in [1.165, 1.54) is 23.2 Å². The van der Waals surface area contributed by atoms with E-state index < -0.39 is 0 Å². The number of benzene rings is 1. The maximum absolute atomic E-state index is 12.3. The number of aliphatic imine (C=N–C) groups is 3. The molecule has 8 bridgehead atoms. The maximum Gasteiger partial charge on any atom is 0.305 e. The van der Waals surface area contributed by atoms with Crippen molar-refractivity contribution in [3.63, 3.8) is 0 Å². The lowest BCUT2D eigenvalue weighted by Gasteiger charge is -2.17. The van der Waals surface area contributed by atoms with E-state index >= 15 is 0 Å². The van der Waals surface area contributed by atoms with E-state index in [4.69, 9.17) is 19.7 Å². The summed E-state index contributed by atoms with van der Waals surface area (Å²) in [6.45, 7) is 13.0. The number of nitrogens with one attached hydrogen (secondary N) is 1. The van der Waals surface area contributed by atoms with Gasteiger partial charge in [0.1, 0.15) is 5.76 Å². The number of allylic oxidation sites excluding steroid dienone is 12. The zero-order chi connectivity index (χ0) is 33.9. The van der Waals surface area contributed by atoms with Gasteiger partial charge in [-0.05, 0) is 98.8 Å². The zero-order valence-electron chi connectivity index (χ0n) is 28.7. The minimum absolute atomic E-state index is 0.0192. The molecule has 5 heterocycles. The van der Waals surface area contributed by atoms with Gasteiger partial charge in [0.05, 0.1) is 41.3 Å². The Morgan fingerprint density at radius 1 is 1.02 bits per heavy atom. The van der Waals surface area contributed by atoms with Crippen LogP contribution in [-0.4, -0.2) is 40.6 Å². The molecule has 0 radical (unpaired) electrons. The van der Waals surface area contributed by atoms with E-state index in [1.54, 1.807) is 0 Å². The van der Waals surface area contributed by atoms with Crippen LogP contribution in [0.2, 0.25) is 0 Å². The van der Waals surface area contributed by atoms with Gasteiger partial charge in [-0.25, -0.2) is 15.0 Å². The number of carbonyl (C=O) groups is 1. The van der Waals surface area contributed by atoms with Crippen molar-refractivity contribution < 1.29 is 14.6 Å². The van der Waals surface area contributed by atoms with Crippen LogP contribution >= 0.6 is 11.8 Å². The Bertz CT molecular complexity index is 1990. The van der Waals surface area contributed by atoms with Crippen LogP contribution in [0.1, 0.15) is 67.2 Å². The molecule has 5 aliphatic heterocycles. The summed E-state index contributed by atoms with van der Waals surface area (Å²) in [6.07, 6.45) is 8.58. The van der Waals surface area contributed by atoms with Gasteiger partial charge in [-0.2, -0.15) is 0 Å². The van der Waals surface area contributed by atoms with Crippen LogP contribution in [0.15, 0.2) is 142 Å². The molecule has 7 rings (SSSR count). The molecule has 1 aliphatic carbocycles. The van der Waals surface area contributed by atoms with Crippen molar-refractivity contribution in [3.05, 3.63) is 122 Å². The Hall–Kier alpha value is -4.43. The van der Waals surface area contributed by atoms with E-state index in [1.807, 2.05) is 24.8 Å². The monoisotopic (exact) mass is 658 g/mol. The minimum atomic E-state index is -0.227. The Kier molecular flexibility index (Phi) is 8.40. The summed E-state index contributed by atoms with van der Waals surface area (Å²) >= 11 is 1.83. The third-order valence-corrected chi connectivity index (χ3v) is 11.6. The van der Waals surface area contributed by atoms with Crippen LogP contribution < -0.4 is 5.32 Å². The molecule has 0 aromatic heterocycles. The maximum atomic E-state index is 12.3. The largest absolute Gasteiger partial charge is 0.511 e. The number of aliphatic hydroxyl groups is 1. The second-order valence-electron chi connectivity index (χ2n) is 13.2. The molecule has 2 N–H and O–H groups in total. The standard InChI is InChI=1S/C40H42N4O3S/c1-8-26-20(2)29-19-34-37(24(6)48-25-12-10-9-11-13-25)22(4)31(42-34)17-30-21(3)27(14-15-36(46)47-7)39(43-30)28-16-35(45)38-23(5)32(44-40(28)38)18-33(26)41-29/h9-13,17-19,21,24,27,43,45H,8,14-16H2,1-7H3/t21-,24?,27-/m0/s1. The molecule has 0 spiro atoms. The first-order valence-electron chi connectivity index (χ1n) is 16.8. The number of aliphatic hydroxyl groups excluding tert-OH is 1. The lowest BCUT2D eigenvalue weighted by atomic mass is 9.86. The Morgan fingerprint density at radius 2 is 1.75 bits per heavy atom. The van der Waals surface area contributed by atoms with E-state index in [0.717, 1.165) is 79.9 Å². The molecule has 1 aromatic rings. The number of fused-ring (bicyclic) bond motifs is 5. The smallest absolute Gasteiger partial charge is 0.305 e. The first kappa shape index (κ1) is 32.1. The predicted molar refractivity (Wildman–Crippen MR) is 195 cm³/mol. The Balaban J connectivity index is 1.43. The molecule has 246 valence electrons. The number of methoxy groups -OCH3 is 1. The lowest BCUT2D eigenvalue weighted by Crippen LogP contribution is -2.16. The molecule has 3 atom stereocenters. The number of ether oxygens (including phenoxy) is 1. The third kappa shape index (κ3) is 5.40. The molecule has 1 aromatic carbocycles. The van der Waals surface area contributed by atoms with Crippen molar-refractivity contribution in [2.45, 2.75) is 77.4 Å². The summed E-state index contributed by atoms with van der Waals surface area (Å²) in [7, 11) is 1.43. The van der Waals surface area contributed by atoms with E-state index in [2.05, 4.69) is 82.4 Å². The highest BCUT2D eigenvalue weighted by Gasteiger charge is 2.41. The summed E-state index contributed by atoms with van der Waals surface area (Å²) in [5, 5.41) is 15.2. The predicted octanol–water partition coefficient (Wildman–Crippen LogP) is 8.79. The molecule has 7 nitrogen and oxygen atoms in total. The summed E-state index contributed by atoms with van der Waals surface area (Å²) in [5.41, 5.74) is 14.8. The van der Waals surface area contributed by atoms with Gasteiger partial charge in [0.15, 0.2) is 0 Å². The quantitative estimate of drug-likeness (QED) is 0.226. The van der Waals surface area contributed by atoms with Gasteiger partial charge in [-0.1, -0.05) is 32.0 Å².